The number of nitrogens with one attached hydrogen (secondary N) is 2. The molecule has 5 aliphatic rings. The molecule has 3 aliphatic carbocycles. The normalized spacial score (nSPS) is 35.4. The molecule has 0 radical (unpaired) electrons. The Hall–Kier alpha value is -2.90. The number of anilines is 1. The molecule has 1 spiro atoms. The summed E-state index contributed by atoms with van der Waals surface area (Å²) < 4.78 is 6.31. The number of carbonyl (C=O) groups excluding carboxylic acids is 1. The summed E-state index contributed by atoms with van der Waals surface area (Å²) in [6.45, 7) is 1.79. The van der Waals surface area contributed by atoms with Gasteiger partial charge in [0.15, 0.2) is 11.5 Å². The zero-order valence-electron chi connectivity index (χ0n) is 19.0. The van der Waals surface area contributed by atoms with Gasteiger partial charge in [-0.05, 0) is 68.3 Å². The molecule has 7 nitrogen and oxygen atoms in total. The number of aromatic hydroxyl groups is 1. The van der Waals surface area contributed by atoms with Crippen molar-refractivity contribution in [2.45, 2.75) is 55.3 Å². The van der Waals surface area contributed by atoms with E-state index in [1.165, 1.54) is 12.8 Å². The van der Waals surface area contributed by atoms with Crippen LogP contribution in [0.5, 0.6) is 11.5 Å². The summed E-state index contributed by atoms with van der Waals surface area (Å²) in [5.74, 6) is 0.0281. The van der Waals surface area contributed by atoms with Crippen LogP contribution >= 0.6 is 0 Å². The minimum Gasteiger partial charge on any atom is -0.504 e. The first-order valence-electron chi connectivity index (χ1n) is 12.3. The molecule has 1 saturated heterocycles. The lowest BCUT2D eigenvalue weighted by atomic mass is 9.47. The van der Waals surface area contributed by atoms with E-state index < -0.39 is 23.0 Å². The van der Waals surface area contributed by atoms with Gasteiger partial charge in [-0.1, -0.05) is 24.3 Å². The van der Waals surface area contributed by atoms with Gasteiger partial charge in [0.1, 0.15) is 6.10 Å². The van der Waals surface area contributed by atoms with Crippen molar-refractivity contribution < 1.29 is 19.7 Å². The van der Waals surface area contributed by atoms with Gasteiger partial charge in [0.25, 0.3) is 0 Å². The number of amides is 1. The third kappa shape index (κ3) is 2.54. The van der Waals surface area contributed by atoms with Crippen molar-refractivity contribution in [3.8, 4) is 11.5 Å². The van der Waals surface area contributed by atoms with Crippen LogP contribution in [0.15, 0.2) is 42.5 Å². The number of para-hydroxylation sites is 1. The molecular weight excluding hydrogens is 430 g/mol. The van der Waals surface area contributed by atoms with E-state index in [1.807, 2.05) is 36.4 Å². The van der Waals surface area contributed by atoms with E-state index >= 15 is 0 Å². The smallest absolute Gasteiger partial charge is 0.233 e. The van der Waals surface area contributed by atoms with Crippen molar-refractivity contribution in [2.24, 2.45) is 11.8 Å². The van der Waals surface area contributed by atoms with Crippen LogP contribution in [0.3, 0.4) is 0 Å². The molecule has 34 heavy (non-hydrogen) atoms. The standard InChI is InChI=1S/C27H29N3O4/c28-22-18(25(32)29-17-4-2-1-3-5-17)13-27(33)20-12-16-8-9-19(31)23-21(16)26(27,24(22)34-23)10-11-30(20)14-15-6-7-15/h1-5,8-9,15,18,20,24,28,31,33H,6-7,10-14H2,(H,29,32)/t18?,20-,24+,26+,27-/m1/s1. The number of benzene rings is 2. The number of phenolic OH excluding ortho intramolecular Hbond substituents is 1. The SMILES string of the molecule is N=C1C(C(=O)Nc2ccccc2)C[C@@]2(O)[C@H]3Cc4ccc(O)c5c4[C@@]2(CCN3CC2CC2)[C@H]1O5. The van der Waals surface area contributed by atoms with Gasteiger partial charge in [-0.15, -0.1) is 0 Å². The highest BCUT2D eigenvalue weighted by molar-refractivity contribution is 6.11. The quantitative estimate of drug-likeness (QED) is 0.563. The zero-order chi connectivity index (χ0) is 23.2. The van der Waals surface area contributed by atoms with Crippen LogP contribution in [-0.4, -0.2) is 57.6 Å². The van der Waals surface area contributed by atoms with E-state index in [-0.39, 0.29) is 29.8 Å². The van der Waals surface area contributed by atoms with Gasteiger partial charge in [-0.2, -0.15) is 0 Å². The molecule has 176 valence electrons. The molecular formula is C27H29N3O4. The number of hydrogen-bond acceptors (Lipinski definition) is 6. The average Bonchev–Trinajstić information content (AvgIpc) is 3.56. The number of likely N-dealkylation sites (tertiary alicyclic amines) is 1. The fraction of sp³-hybridized carbons (Fsp3) is 0.481. The lowest BCUT2D eigenvalue weighted by Gasteiger charge is -2.64. The molecule has 3 fully saturated rings. The number of nitrogens with zero attached hydrogens (tertiary/aromatic N) is 1. The fourth-order valence-electron chi connectivity index (χ4n) is 7.32. The minimum atomic E-state index is -1.22. The van der Waals surface area contributed by atoms with Gasteiger partial charge in [0.2, 0.25) is 5.91 Å². The second-order valence-electron chi connectivity index (χ2n) is 10.8. The van der Waals surface area contributed by atoms with Gasteiger partial charge in [-0.3, -0.25) is 9.69 Å². The summed E-state index contributed by atoms with van der Waals surface area (Å²) in [7, 11) is 0. The number of carbonyl (C=O) groups is 1. The maximum absolute atomic E-state index is 13.4. The molecule has 1 amide bonds. The van der Waals surface area contributed by atoms with E-state index in [9.17, 15) is 15.0 Å². The first-order valence-corrected chi connectivity index (χ1v) is 12.3. The van der Waals surface area contributed by atoms with Crippen molar-refractivity contribution >= 4 is 17.3 Å². The predicted molar refractivity (Wildman–Crippen MR) is 126 cm³/mol. The third-order valence-corrected chi connectivity index (χ3v) is 9.04. The first-order chi connectivity index (χ1) is 16.4. The Kier molecular flexibility index (Phi) is 4.11. The summed E-state index contributed by atoms with van der Waals surface area (Å²) in [5, 5.41) is 35.3. The van der Waals surface area contributed by atoms with Crippen LogP contribution in [-0.2, 0) is 16.6 Å². The van der Waals surface area contributed by atoms with Gasteiger partial charge in [0.05, 0.1) is 22.6 Å². The molecule has 7 rings (SSSR count). The van der Waals surface area contributed by atoms with Crippen LogP contribution in [0.4, 0.5) is 5.69 Å². The molecule has 5 atom stereocenters. The summed E-state index contributed by atoms with van der Waals surface area (Å²) in [5.41, 5.74) is 0.790. The molecule has 4 N–H and O–H groups in total. The van der Waals surface area contributed by atoms with E-state index in [1.54, 1.807) is 6.07 Å². The van der Waals surface area contributed by atoms with Gasteiger partial charge >= 0.3 is 0 Å². The predicted octanol–water partition coefficient (Wildman–Crippen LogP) is 2.84. The van der Waals surface area contributed by atoms with Crippen molar-refractivity contribution in [3.63, 3.8) is 0 Å². The Bertz CT molecular complexity index is 1210. The lowest BCUT2D eigenvalue weighted by Crippen LogP contribution is -2.78. The largest absolute Gasteiger partial charge is 0.504 e. The van der Waals surface area contributed by atoms with Crippen LogP contribution in [0.1, 0.15) is 36.8 Å². The van der Waals surface area contributed by atoms with Gasteiger partial charge < -0.3 is 25.7 Å². The van der Waals surface area contributed by atoms with Crippen LogP contribution in [0.2, 0.25) is 0 Å². The Balaban J connectivity index is 1.34. The van der Waals surface area contributed by atoms with Crippen LogP contribution < -0.4 is 10.1 Å². The fourth-order valence-corrected chi connectivity index (χ4v) is 7.32. The first kappa shape index (κ1) is 20.5. The molecule has 7 heteroatoms. The average molecular weight is 460 g/mol. The number of rotatable bonds is 4. The van der Waals surface area contributed by atoms with E-state index in [0.717, 1.165) is 24.2 Å². The minimum absolute atomic E-state index is 0.0434. The number of ether oxygens (including phenoxy) is 1. The molecule has 2 bridgehead atoms. The van der Waals surface area contributed by atoms with Gasteiger partial charge in [0, 0.05) is 23.8 Å². The lowest BCUT2D eigenvalue weighted by molar-refractivity contribution is -0.175. The topological polar surface area (TPSA) is 106 Å². The summed E-state index contributed by atoms with van der Waals surface area (Å²) in [4.78, 5) is 15.9. The van der Waals surface area contributed by atoms with Gasteiger partial charge in [-0.25, -0.2) is 0 Å². The highest BCUT2D eigenvalue weighted by Crippen LogP contribution is 2.65. The second kappa shape index (κ2) is 6.83. The summed E-state index contributed by atoms with van der Waals surface area (Å²) >= 11 is 0. The maximum Gasteiger partial charge on any atom is 0.233 e. The Morgan fingerprint density at radius 1 is 1.21 bits per heavy atom. The Morgan fingerprint density at radius 3 is 2.76 bits per heavy atom. The molecule has 2 aromatic carbocycles. The van der Waals surface area contributed by atoms with E-state index in [4.69, 9.17) is 10.1 Å². The molecule has 0 aromatic heterocycles. The molecule has 1 unspecified atom stereocenters. The highest BCUT2D eigenvalue weighted by atomic mass is 16.5. The highest BCUT2D eigenvalue weighted by Gasteiger charge is 2.74. The molecule has 2 aromatic rings. The van der Waals surface area contributed by atoms with Crippen molar-refractivity contribution in [1.29, 1.82) is 5.41 Å². The van der Waals surface area contributed by atoms with Crippen molar-refractivity contribution in [3.05, 3.63) is 53.6 Å². The maximum atomic E-state index is 13.4. The number of hydrogen-bond donors (Lipinski definition) is 4. The summed E-state index contributed by atoms with van der Waals surface area (Å²) in [6.07, 6.45) is 3.20. The zero-order valence-corrected chi connectivity index (χ0v) is 19.0. The van der Waals surface area contributed by atoms with Crippen LogP contribution in [0.25, 0.3) is 0 Å². The molecule has 2 aliphatic heterocycles. The van der Waals surface area contributed by atoms with Crippen LogP contribution in [0, 0.1) is 17.2 Å². The van der Waals surface area contributed by atoms with Crippen molar-refractivity contribution in [2.75, 3.05) is 18.4 Å². The number of aliphatic hydroxyl groups is 1. The van der Waals surface area contributed by atoms with Crippen molar-refractivity contribution in [1.82, 2.24) is 4.90 Å². The Labute approximate surface area is 198 Å². The van der Waals surface area contributed by atoms with E-state index in [2.05, 4.69) is 10.2 Å². The van der Waals surface area contributed by atoms with E-state index in [0.29, 0.717) is 30.2 Å². The second-order valence-corrected chi connectivity index (χ2v) is 10.8. The molecule has 2 heterocycles. The summed E-state index contributed by atoms with van der Waals surface area (Å²) in [6, 6.07) is 12.7. The Morgan fingerprint density at radius 2 is 2.00 bits per heavy atom. The number of phenols is 1. The third-order valence-electron chi connectivity index (χ3n) is 9.04. The monoisotopic (exact) mass is 459 g/mol. The number of piperidine rings is 1. The molecule has 2 saturated carbocycles.